The molecule has 0 N–H and O–H groups in total. The molecular formula is C18H28N4O2. The summed E-state index contributed by atoms with van der Waals surface area (Å²) in [6.07, 6.45) is 6.71. The summed E-state index contributed by atoms with van der Waals surface area (Å²) in [7, 11) is 3.85. The molecule has 1 aromatic heterocycles. The largest absolute Gasteiger partial charge is 0.342 e. The van der Waals surface area contributed by atoms with Crippen molar-refractivity contribution in [3.63, 3.8) is 0 Å². The average Bonchev–Trinajstić information content (AvgIpc) is 2.82. The van der Waals surface area contributed by atoms with Crippen molar-refractivity contribution in [2.75, 3.05) is 20.1 Å². The van der Waals surface area contributed by atoms with Gasteiger partial charge in [0.05, 0.1) is 6.20 Å². The van der Waals surface area contributed by atoms with Gasteiger partial charge in [-0.15, -0.1) is 0 Å². The number of fused-ring (bicyclic) bond motifs is 1. The van der Waals surface area contributed by atoms with E-state index in [1.54, 1.807) is 0 Å². The molecule has 24 heavy (non-hydrogen) atoms. The maximum Gasteiger partial charge on any atom is 0.222 e. The van der Waals surface area contributed by atoms with Crippen LogP contribution in [-0.4, -0.2) is 57.6 Å². The fraction of sp³-hybridized carbons (Fsp3) is 0.722. The second kappa shape index (κ2) is 6.95. The van der Waals surface area contributed by atoms with Crippen LogP contribution in [0.2, 0.25) is 0 Å². The van der Waals surface area contributed by atoms with Crippen molar-refractivity contribution in [3.05, 3.63) is 17.5 Å². The van der Waals surface area contributed by atoms with Crippen molar-refractivity contribution in [2.24, 2.45) is 13.0 Å². The van der Waals surface area contributed by atoms with Crippen LogP contribution in [0.15, 0.2) is 6.20 Å². The predicted molar refractivity (Wildman–Crippen MR) is 91.4 cm³/mol. The number of hydrogen-bond donors (Lipinski definition) is 0. The number of carbonyl (C=O) groups is 2. The van der Waals surface area contributed by atoms with Gasteiger partial charge in [-0.1, -0.05) is 0 Å². The molecule has 0 radical (unpaired) electrons. The molecule has 2 atom stereocenters. The van der Waals surface area contributed by atoms with Gasteiger partial charge in [0.15, 0.2) is 0 Å². The van der Waals surface area contributed by atoms with E-state index in [2.05, 4.69) is 5.10 Å². The lowest BCUT2D eigenvalue weighted by Crippen LogP contribution is -2.51. The maximum atomic E-state index is 12.6. The van der Waals surface area contributed by atoms with Crippen LogP contribution >= 0.6 is 0 Å². The molecule has 3 rings (SSSR count). The summed E-state index contributed by atoms with van der Waals surface area (Å²) in [5.74, 6) is 0.920. The van der Waals surface area contributed by atoms with Gasteiger partial charge in [0.2, 0.25) is 11.8 Å². The van der Waals surface area contributed by atoms with E-state index in [1.807, 2.05) is 41.7 Å². The maximum absolute atomic E-state index is 12.6. The molecular weight excluding hydrogens is 304 g/mol. The molecule has 0 aromatic carbocycles. The van der Waals surface area contributed by atoms with E-state index in [9.17, 15) is 9.59 Å². The van der Waals surface area contributed by atoms with E-state index < -0.39 is 0 Å². The topological polar surface area (TPSA) is 58.4 Å². The van der Waals surface area contributed by atoms with E-state index in [0.717, 1.165) is 50.0 Å². The van der Waals surface area contributed by atoms with Gasteiger partial charge in [-0.2, -0.15) is 5.10 Å². The van der Waals surface area contributed by atoms with Gasteiger partial charge in [0.25, 0.3) is 0 Å². The minimum absolute atomic E-state index is 0.231. The summed E-state index contributed by atoms with van der Waals surface area (Å²) in [5, 5.41) is 4.24. The molecule has 0 bridgehead atoms. The van der Waals surface area contributed by atoms with Crippen LogP contribution in [0.4, 0.5) is 0 Å². The molecule has 2 amide bonds. The van der Waals surface area contributed by atoms with Crippen LogP contribution in [0, 0.1) is 12.8 Å². The van der Waals surface area contributed by atoms with Gasteiger partial charge in [0.1, 0.15) is 0 Å². The molecule has 1 aromatic rings. The number of amides is 2. The number of hydrogen-bond acceptors (Lipinski definition) is 3. The summed E-state index contributed by atoms with van der Waals surface area (Å²) < 4.78 is 1.85. The van der Waals surface area contributed by atoms with E-state index in [1.165, 1.54) is 0 Å². The molecule has 0 unspecified atom stereocenters. The summed E-state index contributed by atoms with van der Waals surface area (Å²) in [5.41, 5.74) is 2.28. The zero-order chi connectivity index (χ0) is 17.3. The number of aryl methyl sites for hydroxylation is 2. The molecule has 6 heteroatoms. The molecule has 2 aliphatic rings. The highest BCUT2D eigenvalue weighted by Crippen LogP contribution is 2.30. The first-order valence-corrected chi connectivity index (χ1v) is 8.98. The molecule has 0 aliphatic carbocycles. The Hall–Kier alpha value is -1.85. The zero-order valence-electron chi connectivity index (χ0n) is 15.0. The van der Waals surface area contributed by atoms with Gasteiger partial charge in [-0.25, -0.2) is 0 Å². The molecule has 2 saturated heterocycles. The van der Waals surface area contributed by atoms with Crippen molar-refractivity contribution in [2.45, 2.75) is 51.5 Å². The molecule has 2 aliphatic heterocycles. The lowest BCUT2D eigenvalue weighted by molar-refractivity contribution is -0.136. The van der Waals surface area contributed by atoms with Gasteiger partial charge in [-0.05, 0) is 44.1 Å². The highest BCUT2D eigenvalue weighted by atomic mass is 16.2. The lowest BCUT2D eigenvalue weighted by atomic mass is 9.88. The van der Waals surface area contributed by atoms with Crippen LogP contribution < -0.4 is 0 Å². The van der Waals surface area contributed by atoms with Gasteiger partial charge < -0.3 is 9.80 Å². The Morgan fingerprint density at radius 3 is 2.83 bits per heavy atom. The summed E-state index contributed by atoms with van der Waals surface area (Å²) in [6.45, 7) is 3.60. The Morgan fingerprint density at radius 1 is 1.33 bits per heavy atom. The monoisotopic (exact) mass is 332 g/mol. The number of rotatable bonds is 3. The predicted octanol–water partition coefficient (Wildman–Crippen LogP) is 1.52. The number of carbonyl (C=O) groups excluding carboxylic acids is 2. The van der Waals surface area contributed by atoms with Gasteiger partial charge in [-0.3, -0.25) is 14.3 Å². The number of piperidine rings is 1. The third-order valence-corrected chi connectivity index (χ3v) is 5.85. The normalized spacial score (nSPS) is 24.7. The molecule has 0 saturated carbocycles. The first kappa shape index (κ1) is 17.0. The second-order valence-electron chi connectivity index (χ2n) is 7.23. The fourth-order valence-corrected chi connectivity index (χ4v) is 4.11. The Balaban J connectivity index is 1.57. The molecule has 2 fully saturated rings. The average molecular weight is 332 g/mol. The smallest absolute Gasteiger partial charge is 0.222 e. The number of aromatic nitrogens is 2. The third-order valence-electron chi connectivity index (χ3n) is 5.85. The quantitative estimate of drug-likeness (QED) is 0.843. The Morgan fingerprint density at radius 2 is 2.12 bits per heavy atom. The summed E-state index contributed by atoms with van der Waals surface area (Å²) in [4.78, 5) is 28.6. The summed E-state index contributed by atoms with van der Waals surface area (Å²) in [6, 6.07) is 0.310. The fourth-order valence-electron chi connectivity index (χ4n) is 4.11. The van der Waals surface area contributed by atoms with Crippen molar-refractivity contribution in [1.82, 2.24) is 19.6 Å². The molecule has 0 spiro atoms. The second-order valence-corrected chi connectivity index (χ2v) is 7.23. The van der Waals surface area contributed by atoms with Crippen molar-refractivity contribution >= 4 is 11.8 Å². The van der Waals surface area contributed by atoms with Gasteiger partial charge in [0, 0.05) is 51.8 Å². The molecule has 3 heterocycles. The first-order chi connectivity index (χ1) is 11.5. The highest BCUT2D eigenvalue weighted by molar-refractivity contribution is 5.78. The minimum atomic E-state index is 0.231. The molecule has 132 valence electrons. The van der Waals surface area contributed by atoms with Crippen LogP contribution in [0.25, 0.3) is 0 Å². The zero-order valence-corrected chi connectivity index (χ0v) is 15.0. The molecule has 6 nitrogen and oxygen atoms in total. The van der Waals surface area contributed by atoms with Crippen LogP contribution in [-0.2, 0) is 23.1 Å². The first-order valence-electron chi connectivity index (χ1n) is 8.98. The van der Waals surface area contributed by atoms with E-state index in [-0.39, 0.29) is 11.8 Å². The van der Waals surface area contributed by atoms with E-state index in [4.69, 9.17) is 0 Å². The standard InChI is InChI=1S/C18H28N4O2/c1-13-14(11-19-21(13)3)7-8-18(24)22-10-9-16-15(12-22)5-4-6-17(23)20(16)2/h11,15-16H,4-10,12H2,1-3H3/t15-,16-/m1/s1. The van der Waals surface area contributed by atoms with E-state index in [0.29, 0.717) is 24.8 Å². The lowest BCUT2D eigenvalue weighted by Gasteiger charge is -2.41. The van der Waals surface area contributed by atoms with Gasteiger partial charge >= 0.3 is 0 Å². The Labute approximate surface area is 143 Å². The minimum Gasteiger partial charge on any atom is -0.342 e. The van der Waals surface area contributed by atoms with Crippen LogP contribution in [0.3, 0.4) is 0 Å². The van der Waals surface area contributed by atoms with Crippen molar-refractivity contribution in [1.29, 1.82) is 0 Å². The summed E-state index contributed by atoms with van der Waals surface area (Å²) >= 11 is 0. The number of likely N-dealkylation sites (tertiary alicyclic amines) is 2. The van der Waals surface area contributed by atoms with Crippen molar-refractivity contribution < 1.29 is 9.59 Å². The Bertz CT molecular complexity index is 625. The third kappa shape index (κ3) is 3.32. The van der Waals surface area contributed by atoms with E-state index >= 15 is 0 Å². The Kier molecular flexibility index (Phi) is 4.92. The van der Waals surface area contributed by atoms with Crippen molar-refractivity contribution in [3.8, 4) is 0 Å². The van der Waals surface area contributed by atoms with Crippen LogP contribution in [0.5, 0.6) is 0 Å². The highest BCUT2D eigenvalue weighted by Gasteiger charge is 2.36. The number of nitrogens with zero attached hydrogens (tertiary/aromatic N) is 4. The van der Waals surface area contributed by atoms with Crippen LogP contribution in [0.1, 0.15) is 43.4 Å². The SMILES string of the molecule is Cc1c(CCC(=O)N2CC[C@@H]3[C@H](CCCC(=O)N3C)C2)cnn1C.